The lowest BCUT2D eigenvalue weighted by Gasteiger charge is -2.32. The molecule has 2 rings (SSSR count). The summed E-state index contributed by atoms with van der Waals surface area (Å²) in [5, 5.41) is 10.9. The van der Waals surface area contributed by atoms with Crippen molar-refractivity contribution in [1.82, 2.24) is 0 Å². The fourth-order valence-electron chi connectivity index (χ4n) is 4.24. The van der Waals surface area contributed by atoms with Crippen LogP contribution in [0.4, 0.5) is 5.69 Å². The monoisotopic (exact) mass is 481 g/mol. The van der Waals surface area contributed by atoms with Crippen molar-refractivity contribution in [2.75, 3.05) is 24.6 Å². The van der Waals surface area contributed by atoms with E-state index in [1.54, 1.807) is 36.4 Å². The van der Waals surface area contributed by atoms with Crippen molar-refractivity contribution in [2.24, 2.45) is 17.8 Å². The first-order valence-corrected chi connectivity index (χ1v) is 13.1. The number of benzene rings is 2. The number of rotatable bonds is 14. The summed E-state index contributed by atoms with van der Waals surface area (Å²) >= 11 is 0. The molecular formula is C30H43NO4. The summed E-state index contributed by atoms with van der Waals surface area (Å²) in [5.41, 5.74) is 1.55. The van der Waals surface area contributed by atoms with Crippen molar-refractivity contribution in [3.8, 4) is 5.75 Å². The van der Waals surface area contributed by atoms with Crippen LogP contribution in [0.3, 0.4) is 0 Å². The SMILES string of the molecule is CCC(CC)CN(CC(CC)CC)c1ccc(C(=O)c2ccccc2C(=O)OCC(C)C)c(O)c1. The molecule has 0 bridgehead atoms. The zero-order chi connectivity index (χ0) is 26.0. The minimum absolute atomic E-state index is 0.0723. The van der Waals surface area contributed by atoms with E-state index in [0.29, 0.717) is 11.8 Å². The van der Waals surface area contributed by atoms with Gasteiger partial charge in [-0.2, -0.15) is 0 Å². The van der Waals surface area contributed by atoms with E-state index in [0.717, 1.165) is 44.5 Å². The number of ether oxygens (including phenoxy) is 1. The first-order chi connectivity index (χ1) is 16.7. The fraction of sp³-hybridized carbons (Fsp3) is 0.533. The molecule has 0 saturated heterocycles. The molecule has 0 spiro atoms. The molecule has 0 aliphatic carbocycles. The van der Waals surface area contributed by atoms with E-state index in [1.165, 1.54) is 0 Å². The number of phenolic OH excluding ortho intramolecular Hbond substituents is 1. The van der Waals surface area contributed by atoms with Gasteiger partial charge in [-0.1, -0.05) is 85.4 Å². The van der Waals surface area contributed by atoms with Crippen molar-refractivity contribution in [1.29, 1.82) is 0 Å². The summed E-state index contributed by atoms with van der Waals surface area (Å²) in [4.78, 5) is 28.3. The highest BCUT2D eigenvalue weighted by Gasteiger charge is 2.23. The molecular weight excluding hydrogens is 438 g/mol. The zero-order valence-electron chi connectivity index (χ0n) is 22.3. The Kier molecular flexibility index (Phi) is 11.3. The third-order valence-electron chi connectivity index (χ3n) is 6.80. The summed E-state index contributed by atoms with van der Waals surface area (Å²) in [6.45, 7) is 14.9. The molecule has 0 saturated carbocycles. The van der Waals surface area contributed by atoms with Gasteiger partial charge in [-0.25, -0.2) is 4.79 Å². The molecule has 0 aliphatic heterocycles. The van der Waals surface area contributed by atoms with Crippen molar-refractivity contribution in [3.05, 3.63) is 59.2 Å². The number of ketones is 1. The summed E-state index contributed by atoms with van der Waals surface area (Å²) in [6, 6.07) is 11.9. The Morgan fingerprint density at radius 2 is 1.37 bits per heavy atom. The number of carbonyl (C=O) groups excluding carboxylic acids is 2. The summed E-state index contributed by atoms with van der Waals surface area (Å²) in [6.07, 6.45) is 4.40. The molecule has 2 aromatic rings. The molecule has 0 aromatic heterocycles. The quantitative estimate of drug-likeness (QED) is 0.230. The van der Waals surface area contributed by atoms with Gasteiger partial charge in [-0.05, 0) is 36.0 Å². The van der Waals surface area contributed by atoms with Crippen LogP contribution in [-0.2, 0) is 4.74 Å². The number of esters is 1. The van der Waals surface area contributed by atoms with Crippen molar-refractivity contribution in [3.63, 3.8) is 0 Å². The Labute approximate surface area is 211 Å². The van der Waals surface area contributed by atoms with Gasteiger partial charge in [-0.15, -0.1) is 0 Å². The van der Waals surface area contributed by atoms with E-state index in [1.807, 2.05) is 19.9 Å². The lowest BCUT2D eigenvalue weighted by Crippen LogP contribution is -2.33. The smallest absolute Gasteiger partial charge is 0.338 e. The van der Waals surface area contributed by atoms with E-state index >= 15 is 0 Å². The highest BCUT2D eigenvalue weighted by atomic mass is 16.5. The van der Waals surface area contributed by atoms with Crippen LogP contribution in [0.15, 0.2) is 42.5 Å². The minimum atomic E-state index is -0.528. The van der Waals surface area contributed by atoms with Gasteiger partial charge in [0.1, 0.15) is 5.75 Å². The van der Waals surface area contributed by atoms with Gasteiger partial charge in [0.15, 0.2) is 5.78 Å². The van der Waals surface area contributed by atoms with Gasteiger partial charge in [0.05, 0.1) is 17.7 Å². The zero-order valence-corrected chi connectivity index (χ0v) is 22.3. The maximum absolute atomic E-state index is 13.4. The van der Waals surface area contributed by atoms with Crippen LogP contribution in [0.1, 0.15) is 93.5 Å². The molecule has 0 fully saturated rings. The van der Waals surface area contributed by atoms with E-state index in [-0.39, 0.29) is 35.0 Å². The van der Waals surface area contributed by atoms with E-state index in [9.17, 15) is 14.7 Å². The van der Waals surface area contributed by atoms with E-state index < -0.39 is 11.8 Å². The van der Waals surface area contributed by atoms with Crippen LogP contribution < -0.4 is 4.90 Å². The maximum atomic E-state index is 13.4. The van der Waals surface area contributed by atoms with Crippen molar-refractivity contribution in [2.45, 2.75) is 67.2 Å². The second-order valence-electron chi connectivity index (χ2n) is 9.84. The van der Waals surface area contributed by atoms with E-state index in [2.05, 4.69) is 32.6 Å². The largest absolute Gasteiger partial charge is 0.507 e. The molecule has 5 nitrogen and oxygen atoms in total. The molecule has 5 heteroatoms. The van der Waals surface area contributed by atoms with Gasteiger partial charge in [0, 0.05) is 30.4 Å². The maximum Gasteiger partial charge on any atom is 0.338 e. The predicted octanol–water partition coefficient (Wildman–Crippen LogP) is 7.11. The average Bonchev–Trinajstić information content (AvgIpc) is 2.87. The summed E-state index contributed by atoms with van der Waals surface area (Å²) in [7, 11) is 0. The molecule has 0 aliphatic rings. The Bertz CT molecular complexity index is 947. The predicted molar refractivity (Wildman–Crippen MR) is 143 cm³/mol. The van der Waals surface area contributed by atoms with Crippen LogP contribution in [0.5, 0.6) is 5.75 Å². The van der Waals surface area contributed by atoms with Crippen LogP contribution in [-0.4, -0.2) is 36.6 Å². The standard InChI is InChI=1S/C30H43NO4/c1-7-22(8-2)18-31(19-23(9-3)10-4)24-15-16-27(28(32)17-24)29(33)25-13-11-12-14-26(25)30(34)35-20-21(5)6/h11-17,21-23,32H,7-10,18-20H2,1-6H3. The third kappa shape index (κ3) is 7.84. The van der Waals surface area contributed by atoms with Crippen LogP contribution in [0.25, 0.3) is 0 Å². The van der Waals surface area contributed by atoms with Crippen molar-refractivity contribution >= 4 is 17.4 Å². The normalized spacial score (nSPS) is 11.3. The molecule has 2 aromatic carbocycles. The Morgan fingerprint density at radius 1 is 0.829 bits per heavy atom. The van der Waals surface area contributed by atoms with Gasteiger partial charge in [-0.3, -0.25) is 4.79 Å². The second kappa shape index (κ2) is 13.9. The van der Waals surface area contributed by atoms with Gasteiger partial charge in [0.2, 0.25) is 0 Å². The molecule has 1 N–H and O–H groups in total. The molecule has 192 valence electrons. The van der Waals surface area contributed by atoms with Gasteiger partial charge < -0.3 is 14.7 Å². The number of hydrogen-bond acceptors (Lipinski definition) is 5. The molecule has 0 unspecified atom stereocenters. The van der Waals surface area contributed by atoms with E-state index in [4.69, 9.17) is 4.74 Å². The topological polar surface area (TPSA) is 66.8 Å². The lowest BCUT2D eigenvalue weighted by atomic mass is 9.96. The number of hydrogen-bond donors (Lipinski definition) is 1. The number of anilines is 1. The highest BCUT2D eigenvalue weighted by molar-refractivity contribution is 6.15. The Balaban J connectivity index is 2.36. The molecule has 0 heterocycles. The summed E-state index contributed by atoms with van der Waals surface area (Å²) in [5.74, 6) is 0.337. The first-order valence-electron chi connectivity index (χ1n) is 13.1. The minimum Gasteiger partial charge on any atom is -0.507 e. The molecule has 0 atom stereocenters. The number of nitrogens with zero attached hydrogens (tertiary/aromatic N) is 1. The van der Waals surface area contributed by atoms with Gasteiger partial charge in [0.25, 0.3) is 0 Å². The van der Waals surface area contributed by atoms with Crippen LogP contribution in [0, 0.1) is 17.8 Å². The van der Waals surface area contributed by atoms with Gasteiger partial charge >= 0.3 is 5.97 Å². The third-order valence-corrected chi connectivity index (χ3v) is 6.80. The Morgan fingerprint density at radius 3 is 1.86 bits per heavy atom. The molecule has 35 heavy (non-hydrogen) atoms. The first kappa shape index (κ1) is 28.4. The fourth-order valence-corrected chi connectivity index (χ4v) is 4.24. The van der Waals surface area contributed by atoms with Crippen molar-refractivity contribution < 1.29 is 19.4 Å². The van der Waals surface area contributed by atoms with Crippen LogP contribution >= 0.6 is 0 Å². The molecule has 0 radical (unpaired) electrons. The molecule has 0 amide bonds. The Hall–Kier alpha value is -2.82. The van der Waals surface area contributed by atoms with Crippen LogP contribution in [0.2, 0.25) is 0 Å². The second-order valence-corrected chi connectivity index (χ2v) is 9.84. The number of carbonyl (C=O) groups is 2. The summed E-state index contributed by atoms with van der Waals surface area (Å²) < 4.78 is 5.35. The lowest BCUT2D eigenvalue weighted by molar-refractivity contribution is 0.0456. The highest BCUT2D eigenvalue weighted by Crippen LogP contribution is 2.30. The average molecular weight is 482 g/mol. The number of phenols is 1. The number of aromatic hydroxyl groups is 1.